The molecule has 2 fully saturated rings. The number of esters is 10. The monoisotopic (exact) mass is 1430 g/mol. The highest BCUT2D eigenvalue weighted by Crippen LogP contribution is 2.34. The van der Waals surface area contributed by atoms with Crippen LogP contribution in [0.25, 0.3) is 0 Å². The smallest absolute Gasteiger partial charge is 0.303 e. The van der Waals surface area contributed by atoms with Gasteiger partial charge in [-0.3, -0.25) is 52.7 Å². The topological polar surface area (TPSA) is 329 Å². The summed E-state index contributed by atoms with van der Waals surface area (Å²) in [6, 6.07) is -2.66. The third kappa shape index (κ3) is 38.9. The van der Waals surface area contributed by atoms with Crippen LogP contribution in [0.4, 0.5) is 0 Å². The summed E-state index contributed by atoms with van der Waals surface area (Å²) >= 11 is 0. The molecule has 1 N–H and O–H groups in total. The van der Waals surface area contributed by atoms with Gasteiger partial charge in [0.15, 0.2) is 61.4 Å². The first-order chi connectivity index (χ1) is 58.9. The summed E-state index contributed by atoms with van der Waals surface area (Å²) in [5.74, 6) is -25.0. The first-order valence-corrected chi connectivity index (χ1v) is 33.5. The Morgan fingerprint density at radius 3 is 1.19 bits per heavy atom. The molecular weight excluding hydrogens is 1280 g/mol. The van der Waals surface area contributed by atoms with Gasteiger partial charge in [-0.2, -0.15) is 0 Å². The molecule has 14 atom stereocenters. The number of ether oxygens (including phenoxy) is 14. The summed E-state index contributed by atoms with van der Waals surface area (Å²) < 4.78 is 312. The van der Waals surface area contributed by atoms with Crippen LogP contribution in [0.2, 0.25) is 0 Å². The third-order valence-corrected chi connectivity index (χ3v) is 15.8. The van der Waals surface area contributed by atoms with E-state index in [1.165, 1.54) is 44.3 Å². The average Bonchev–Trinajstić information content (AvgIpc) is 0.766. The minimum Gasteiger partial charge on any atom is -0.463 e. The molecule has 0 radical (unpaired) electrons. The molecule has 2 heterocycles. The van der Waals surface area contributed by atoms with Crippen LogP contribution in [0.3, 0.4) is 0 Å². The molecule has 98 heavy (non-hydrogen) atoms. The maximum absolute atomic E-state index is 15.3. The minimum absolute atomic E-state index is 0.0774. The van der Waals surface area contributed by atoms with Gasteiger partial charge in [-0.25, -0.2) is 0 Å². The van der Waals surface area contributed by atoms with Gasteiger partial charge in [0.25, 0.3) is 5.91 Å². The third-order valence-electron chi connectivity index (χ3n) is 15.8. The Labute approximate surface area is 623 Å². The predicted molar refractivity (Wildman–Crippen MR) is 357 cm³/mol. The maximum Gasteiger partial charge on any atom is 0.303 e. The number of hydrogen-bond acceptors (Lipinski definition) is 25. The van der Waals surface area contributed by atoms with E-state index in [-0.39, 0.29) is 19.3 Å². The van der Waals surface area contributed by atoms with E-state index in [2.05, 4.69) is 19.2 Å². The van der Waals surface area contributed by atoms with E-state index in [0.29, 0.717) is 25.7 Å². The normalized spacial score (nSPS) is 27.7. The fourth-order valence-corrected chi connectivity index (χ4v) is 11.3. The molecule has 2 saturated heterocycles. The van der Waals surface area contributed by atoms with Crippen LogP contribution in [0.1, 0.15) is 316 Å². The van der Waals surface area contributed by atoms with Gasteiger partial charge < -0.3 is 71.6 Å². The highest BCUT2D eigenvalue weighted by Gasteiger charge is 2.56. The second kappa shape index (κ2) is 51.8. The van der Waals surface area contributed by atoms with Crippen molar-refractivity contribution in [1.82, 2.24) is 5.32 Å². The van der Waals surface area contributed by atoms with Crippen molar-refractivity contribution in [3.05, 3.63) is 12.2 Å². The van der Waals surface area contributed by atoms with E-state index in [4.69, 9.17) is 107 Å². The predicted octanol–water partition coefficient (Wildman–Crippen LogP) is 11.2. The number of amides is 1. The lowest BCUT2D eigenvalue weighted by molar-refractivity contribution is -0.335. The molecule has 0 bridgehead atoms. The van der Waals surface area contributed by atoms with Crippen LogP contribution < -0.4 is 5.32 Å². The summed E-state index contributed by atoms with van der Waals surface area (Å²) in [6.07, 6.45) is -12.4. The van der Waals surface area contributed by atoms with Crippen LogP contribution in [-0.4, -0.2) is 171 Å². The zero-order chi connectivity index (χ0) is 97.8. The first-order valence-electron chi connectivity index (χ1n) is 48.5. The number of nitrogens with one attached hydrogen (secondary N) is 1. The fraction of sp³-hybridized carbons (Fsp3) is 0.819. The van der Waals surface area contributed by atoms with E-state index >= 15 is 4.79 Å². The van der Waals surface area contributed by atoms with Gasteiger partial charge in [-0.1, -0.05) is 187 Å². The Morgan fingerprint density at radius 2 is 0.755 bits per heavy atom. The molecule has 0 unspecified atom stereocenters. The zero-order valence-electron chi connectivity index (χ0n) is 85.8. The van der Waals surface area contributed by atoms with Crippen LogP contribution in [-0.2, 0) is 119 Å². The van der Waals surface area contributed by atoms with Gasteiger partial charge in [-0.15, -0.1) is 0 Å². The number of allylic oxidation sites excluding steroid dienone is 1. The molecule has 2 aliphatic rings. The van der Waals surface area contributed by atoms with Crippen molar-refractivity contribution in [3.63, 3.8) is 0 Å². The van der Waals surface area contributed by atoms with Gasteiger partial charge in [0.1, 0.15) is 24.9 Å². The number of carbonyl (C=O) groups is 11. The van der Waals surface area contributed by atoms with E-state index in [0.717, 1.165) is 103 Å². The quantitative estimate of drug-likeness (QED) is 0.0256. The molecule has 0 spiro atoms. The van der Waals surface area contributed by atoms with Crippen LogP contribution in [0.15, 0.2) is 12.2 Å². The van der Waals surface area contributed by atoms with E-state index in [1.807, 2.05) is 0 Å². The molecule has 1 amide bonds. The Balaban J connectivity index is 3.35. The number of unbranched alkanes of at least 4 members (excludes halogenated alkanes) is 26. The van der Waals surface area contributed by atoms with Crippen molar-refractivity contribution in [3.8, 4) is 0 Å². The van der Waals surface area contributed by atoms with Crippen LogP contribution in [0.5, 0.6) is 0 Å². The van der Waals surface area contributed by atoms with Crippen molar-refractivity contribution < 1.29 is 160 Å². The fourth-order valence-electron chi connectivity index (χ4n) is 11.3. The Hall–Kier alpha value is -6.25. The standard InChI is InChI=1S/C72H119NO25/c1-13-15-17-19-21-23-25-27-28-29-30-31-32-34-36-38-40-42-44-60(89-50(5)76)70(84)73-58(63(90-51(6)77)59(88-49(4)75)43-41-39-37-35-33-26-24-22-20-18-16-14-2)45-86-71-68(95-56(11)82)67(94-55(10)81)65(92-53(8)79)62(98-71)47-87-72-69(96-57(12)83)66(93-54(9)80)64(91-52(7)78)61(97-72)46-85-48(3)74/h39,41,58-69,71-72H,13-38,40,42-47H2,1-12H3,(H,73,84)/b41-39+/t58-,59+,60+,61+,62+,63-,64-,65+,66-,67-,68+,69+,71+,72-/m0/s1/i3D3,4D3,5D3,6D3,7D3,8D3,9D3,10D3,11D3,12D3. The largest absolute Gasteiger partial charge is 0.463 e. The highest BCUT2D eigenvalue weighted by molar-refractivity contribution is 5.83. The second-order valence-electron chi connectivity index (χ2n) is 23.5. The number of carbonyl (C=O) groups excluding carboxylic acids is 11. The first kappa shape index (κ1) is 50.1. The summed E-state index contributed by atoms with van der Waals surface area (Å²) in [7, 11) is 0. The molecular formula is C72H119NO25. The molecule has 26 nitrogen and oxygen atoms in total. The van der Waals surface area contributed by atoms with Crippen molar-refractivity contribution in [2.24, 2.45) is 0 Å². The van der Waals surface area contributed by atoms with Crippen molar-refractivity contribution in [1.29, 1.82) is 0 Å². The lowest BCUT2D eigenvalue weighted by atomic mass is 9.97. The summed E-state index contributed by atoms with van der Waals surface area (Å²) in [4.78, 5) is 151. The molecule has 0 aliphatic carbocycles. The van der Waals surface area contributed by atoms with Crippen molar-refractivity contribution in [2.45, 2.75) is 361 Å². The Morgan fingerprint density at radius 1 is 0.388 bits per heavy atom. The number of hydrogen-bond donors (Lipinski definition) is 1. The van der Waals surface area contributed by atoms with Gasteiger partial charge in [0, 0.05) is 116 Å². The van der Waals surface area contributed by atoms with E-state index in [9.17, 15) is 47.9 Å². The highest BCUT2D eigenvalue weighted by atomic mass is 16.8. The Bertz CT molecular complexity index is 3490. The molecule has 0 aromatic rings. The molecule has 0 aromatic carbocycles. The van der Waals surface area contributed by atoms with Gasteiger partial charge in [-0.05, 0) is 25.7 Å². The molecule has 0 saturated carbocycles. The average molecular weight is 1430 g/mol. The Kier molecular flexibility index (Phi) is 26.5. The second-order valence-corrected chi connectivity index (χ2v) is 23.5. The lowest BCUT2D eigenvalue weighted by Crippen LogP contribution is -2.65. The van der Waals surface area contributed by atoms with Gasteiger partial charge in [0.2, 0.25) is 0 Å². The molecule has 562 valence electrons. The molecule has 0 aromatic heterocycles. The molecule has 2 aliphatic heterocycles. The zero-order valence-corrected chi connectivity index (χ0v) is 55.8. The maximum atomic E-state index is 15.3. The van der Waals surface area contributed by atoms with Crippen LogP contribution in [0, 0.1) is 0 Å². The summed E-state index contributed by atoms with van der Waals surface area (Å²) in [5.41, 5.74) is 0. The summed E-state index contributed by atoms with van der Waals surface area (Å²) in [6.45, 7) is -40.5. The molecule has 26 heteroatoms. The SMILES string of the molecule is [2H]C([2H])([2H])C(=O)OC[C@H]1O[C@H](OC[C@H]2O[C@@H](OC[C@H](NC(=O)[C@@H](CCCCCCCCCCCCCCCCCCCC)OC(=O)C([2H])([2H])[2H])[C@H](OC(=O)C([2H])([2H])[2H])[C@@H](C/C=C/CCCCCCCCCCC)OC(=O)C([2H])([2H])[2H])[C@H](OC(=O)C([2H])([2H])[2H])[C@@H](OC(=O)C([2H])([2H])[2H])[C@@H]2OC(=O)C([2H])([2H])[2H])[C@H](OC(=O)C([2H])([2H])[2H])[C@@H](OC(=O)C([2H])([2H])[2H])[C@H]1OC(=O)C([2H])([2H])[2H]. The van der Waals surface area contributed by atoms with Crippen molar-refractivity contribution >= 4 is 65.6 Å². The lowest BCUT2D eigenvalue weighted by Gasteiger charge is -2.46. The van der Waals surface area contributed by atoms with Gasteiger partial charge in [0.05, 0.1) is 19.3 Å². The number of rotatable bonds is 52. The molecule has 2 rings (SSSR count). The van der Waals surface area contributed by atoms with Crippen LogP contribution >= 0.6 is 0 Å². The van der Waals surface area contributed by atoms with Crippen molar-refractivity contribution in [2.75, 3.05) is 19.8 Å². The van der Waals surface area contributed by atoms with E-state index in [1.54, 1.807) is 0 Å². The minimum atomic E-state index is -4.10. The summed E-state index contributed by atoms with van der Waals surface area (Å²) in [5, 5.41) is 2.20. The van der Waals surface area contributed by atoms with E-state index < -0.39 is 253 Å². The van der Waals surface area contributed by atoms with Gasteiger partial charge >= 0.3 is 59.7 Å².